The minimum absolute atomic E-state index is 0.0450. The molecule has 166 valence electrons. The van der Waals surface area contributed by atoms with Gasteiger partial charge in [0.1, 0.15) is 11.4 Å². The normalized spacial score (nSPS) is 29.5. The van der Waals surface area contributed by atoms with Crippen LogP contribution in [0.1, 0.15) is 23.6 Å². The number of rotatable bonds is 3. The highest BCUT2D eigenvalue weighted by molar-refractivity contribution is 6.31. The van der Waals surface area contributed by atoms with E-state index in [0.717, 1.165) is 10.5 Å². The van der Waals surface area contributed by atoms with Crippen molar-refractivity contribution < 1.29 is 23.9 Å². The molecule has 0 bridgehead atoms. The summed E-state index contributed by atoms with van der Waals surface area (Å²) < 4.78 is 13.3. The van der Waals surface area contributed by atoms with E-state index in [1.807, 2.05) is 0 Å². The van der Waals surface area contributed by atoms with E-state index in [0.29, 0.717) is 21.8 Å². The first-order valence-corrected chi connectivity index (χ1v) is 10.7. The van der Waals surface area contributed by atoms with Gasteiger partial charge in [-0.2, -0.15) is 0 Å². The number of hydrogen-bond donors (Lipinski definition) is 3. The van der Waals surface area contributed by atoms with Crippen molar-refractivity contribution in [1.29, 1.82) is 0 Å². The number of hydrogen-bond acceptors (Lipinski definition) is 5. The fourth-order valence-corrected chi connectivity index (χ4v) is 5.64. The first-order valence-electron chi connectivity index (χ1n) is 10.3. The van der Waals surface area contributed by atoms with Crippen molar-refractivity contribution in [1.82, 2.24) is 10.2 Å². The van der Waals surface area contributed by atoms with E-state index in [1.165, 1.54) is 31.2 Å². The van der Waals surface area contributed by atoms with E-state index in [-0.39, 0.29) is 6.54 Å². The van der Waals surface area contributed by atoms with Gasteiger partial charge < -0.3 is 10.4 Å². The van der Waals surface area contributed by atoms with Crippen LogP contribution in [-0.2, 0) is 26.5 Å². The molecule has 0 unspecified atom stereocenters. The number of aliphatic hydroxyl groups excluding tert-OH is 1. The Labute approximate surface area is 188 Å². The molecule has 0 saturated carbocycles. The van der Waals surface area contributed by atoms with Gasteiger partial charge in [0.2, 0.25) is 17.7 Å². The van der Waals surface area contributed by atoms with Crippen LogP contribution in [0, 0.1) is 24.6 Å². The number of halogens is 2. The summed E-state index contributed by atoms with van der Waals surface area (Å²) in [7, 11) is 0. The quantitative estimate of drug-likeness (QED) is 0.613. The fourth-order valence-electron chi connectivity index (χ4n) is 5.37. The van der Waals surface area contributed by atoms with Gasteiger partial charge in [0, 0.05) is 22.3 Å². The second-order valence-electron chi connectivity index (χ2n) is 8.71. The van der Waals surface area contributed by atoms with Crippen molar-refractivity contribution in [2.45, 2.75) is 38.1 Å². The van der Waals surface area contributed by atoms with Gasteiger partial charge in [0.05, 0.1) is 24.5 Å². The lowest BCUT2D eigenvalue weighted by Crippen LogP contribution is -2.54. The van der Waals surface area contributed by atoms with Gasteiger partial charge in [-0.3, -0.25) is 24.6 Å². The maximum Gasteiger partial charge on any atom is 0.250 e. The number of anilines is 1. The molecule has 0 aromatic heterocycles. The molecular formula is C23H21ClFN3O4. The third-order valence-electron chi connectivity index (χ3n) is 6.79. The SMILES string of the molecule is Cc1cc(Cl)cc2c1NC(=O)[C@@]21N[C@@H]([C@@H](C)O)[C@H]2C(=O)N(Cc3ccc(F)cc3)C(=O)[C@H]21. The number of aliphatic hydroxyl groups is 1. The van der Waals surface area contributed by atoms with Crippen molar-refractivity contribution in [3.8, 4) is 0 Å². The molecule has 3 N–H and O–H groups in total. The molecule has 5 atom stereocenters. The largest absolute Gasteiger partial charge is 0.392 e. The number of fused-ring (bicyclic) bond motifs is 4. The summed E-state index contributed by atoms with van der Waals surface area (Å²) in [6.07, 6.45) is -0.999. The van der Waals surface area contributed by atoms with Crippen LogP contribution in [0.2, 0.25) is 5.02 Å². The number of carbonyl (C=O) groups is 3. The van der Waals surface area contributed by atoms with E-state index in [1.54, 1.807) is 19.1 Å². The summed E-state index contributed by atoms with van der Waals surface area (Å²) >= 11 is 6.28. The molecule has 3 aliphatic rings. The van der Waals surface area contributed by atoms with Crippen LogP contribution < -0.4 is 10.6 Å². The van der Waals surface area contributed by atoms with Crippen molar-refractivity contribution in [3.63, 3.8) is 0 Å². The minimum atomic E-state index is -1.53. The van der Waals surface area contributed by atoms with Crippen LogP contribution in [0.4, 0.5) is 10.1 Å². The Kier molecular flexibility index (Phi) is 4.67. The topological polar surface area (TPSA) is 98.7 Å². The number of amides is 3. The molecule has 7 nitrogen and oxygen atoms in total. The van der Waals surface area contributed by atoms with Gasteiger partial charge in [-0.05, 0) is 49.2 Å². The molecule has 0 radical (unpaired) electrons. The zero-order chi connectivity index (χ0) is 22.9. The minimum Gasteiger partial charge on any atom is -0.392 e. The molecular weight excluding hydrogens is 437 g/mol. The van der Waals surface area contributed by atoms with E-state index >= 15 is 0 Å². The molecule has 5 rings (SSSR count). The van der Waals surface area contributed by atoms with Gasteiger partial charge in [0.25, 0.3) is 0 Å². The lowest BCUT2D eigenvalue weighted by atomic mass is 9.76. The molecule has 3 aliphatic heterocycles. The Morgan fingerprint density at radius 3 is 2.53 bits per heavy atom. The summed E-state index contributed by atoms with van der Waals surface area (Å²) in [4.78, 5) is 41.5. The number of aryl methyl sites for hydroxylation is 1. The van der Waals surface area contributed by atoms with E-state index in [4.69, 9.17) is 11.6 Å². The van der Waals surface area contributed by atoms with E-state index in [2.05, 4.69) is 10.6 Å². The van der Waals surface area contributed by atoms with Crippen LogP contribution in [0.15, 0.2) is 36.4 Å². The fraction of sp³-hybridized carbons (Fsp3) is 0.348. The second-order valence-corrected chi connectivity index (χ2v) is 9.15. The smallest absolute Gasteiger partial charge is 0.250 e. The number of imide groups is 1. The number of benzene rings is 2. The highest BCUT2D eigenvalue weighted by Gasteiger charge is 2.71. The van der Waals surface area contributed by atoms with Crippen molar-refractivity contribution in [3.05, 3.63) is 63.9 Å². The highest BCUT2D eigenvalue weighted by atomic mass is 35.5. The highest BCUT2D eigenvalue weighted by Crippen LogP contribution is 2.54. The first-order chi connectivity index (χ1) is 15.1. The molecule has 2 saturated heterocycles. The van der Waals surface area contributed by atoms with Crippen molar-refractivity contribution in [2.24, 2.45) is 11.8 Å². The lowest BCUT2D eigenvalue weighted by Gasteiger charge is -2.30. The van der Waals surface area contributed by atoms with Crippen molar-refractivity contribution in [2.75, 3.05) is 5.32 Å². The number of carbonyl (C=O) groups excluding carboxylic acids is 3. The summed E-state index contributed by atoms with van der Waals surface area (Å²) in [5.41, 5.74) is 0.835. The second kappa shape index (κ2) is 7.10. The van der Waals surface area contributed by atoms with Crippen LogP contribution in [-0.4, -0.2) is 39.9 Å². The molecule has 2 aromatic carbocycles. The molecule has 32 heavy (non-hydrogen) atoms. The van der Waals surface area contributed by atoms with Gasteiger partial charge in [-0.25, -0.2) is 4.39 Å². The van der Waals surface area contributed by atoms with E-state index in [9.17, 15) is 23.9 Å². The average Bonchev–Trinajstić information content (AvgIpc) is 3.32. The lowest BCUT2D eigenvalue weighted by molar-refractivity contribution is -0.143. The maximum absolute atomic E-state index is 13.6. The molecule has 0 aliphatic carbocycles. The molecule has 1 spiro atoms. The number of nitrogens with zero attached hydrogens (tertiary/aromatic N) is 1. The van der Waals surface area contributed by atoms with Crippen LogP contribution in [0.3, 0.4) is 0 Å². The summed E-state index contributed by atoms with van der Waals surface area (Å²) in [6.45, 7) is 3.27. The Morgan fingerprint density at radius 2 is 1.88 bits per heavy atom. The standard InChI is InChI=1S/C23H21ClFN3O4/c1-10-7-13(24)8-15-18(10)26-22(32)23(15)17-16(19(27-23)11(2)29)20(30)28(21(17)31)9-12-3-5-14(25)6-4-12/h3-8,11,16-17,19,27,29H,9H2,1-2H3,(H,26,32)/t11-,16+,17+,19+,23-/m1/s1. The summed E-state index contributed by atoms with van der Waals surface area (Å²) in [5.74, 6) is -3.84. The first kappa shape index (κ1) is 21.1. The molecule has 3 amide bonds. The maximum atomic E-state index is 13.6. The third kappa shape index (κ3) is 2.76. The molecule has 2 fully saturated rings. The molecule has 3 heterocycles. The van der Waals surface area contributed by atoms with Gasteiger partial charge in [-0.1, -0.05) is 23.7 Å². The summed E-state index contributed by atoms with van der Waals surface area (Å²) in [6, 6.07) is 8.04. The van der Waals surface area contributed by atoms with Gasteiger partial charge >= 0.3 is 0 Å². The predicted octanol–water partition coefficient (Wildman–Crippen LogP) is 2.09. The predicted molar refractivity (Wildman–Crippen MR) is 114 cm³/mol. The Balaban J connectivity index is 1.63. The third-order valence-corrected chi connectivity index (χ3v) is 7.00. The van der Waals surface area contributed by atoms with Gasteiger partial charge in [0.15, 0.2) is 0 Å². The van der Waals surface area contributed by atoms with E-state index < -0.39 is 53.1 Å². The Hall–Kier alpha value is -2.81. The van der Waals surface area contributed by atoms with Crippen molar-refractivity contribution >= 4 is 35.0 Å². The van der Waals surface area contributed by atoms with Gasteiger partial charge in [-0.15, -0.1) is 0 Å². The molecule has 2 aromatic rings. The number of nitrogens with one attached hydrogen (secondary N) is 2. The zero-order valence-electron chi connectivity index (χ0n) is 17.4. The Bertz CT molecular complexity index is 1170. The molecule has 9 heteroatoms. The summed E-state index contributed by atoms with van der Waals surface area (Å²) in [5, 5.41) is 16.8. The van der Waals surface area contributed by atoms with Crippen LogP contribution in [0.25, 0.3) is 0 Å². The monoisotopic (exact) mass is 457 g/mol. The Morgan fingerprint density at radius 1 is 1.19 bits per heavy atom. The van der Waals surface area contributed by atoms with Crippen LogP contribution >= 0.6 is 11.6 Å². The average molecular weight is 458 g/mol. The zero-order valence-corrected chi connectivity index (χ0v) is 18.1. The number of likely N-dealkylation sites (tertiary alicyclic amines) is 1. The van der Waals surface area contributed by atoms with Crippen LogP contribution in [0.5, 0.6) is 0 Å².